The second-order valence-corrected chi connectivity index (χ2v) is 3.86. The normalized spacial score (nSPS) is 13.1. The van der Waals surface area contributed by atoms with Gasteiger partial charge in [-0.1, -0.05) is 6.92 Å². The molecule has 0 spiro atoms. The van der Waals surface area contributed by atoms with Crippen molar-refractivity contribution in [2.24, 2.45) is 0 Å². The van der Waals surface area contributed by atoms with E-state index in [4.69, 9.17) is 6.42 Å². The molecule has 0 aromatic rings. The molecule has 0 rings (SSSR count). The van der Waals surface area contributed by atoms with Crippen molar-refractivity contribution in [3.8, 4) is 12.3 Å². The Morgan fingerprint density at radius 3 is 2.50 bits per heavy atom. The Labute approximate surface area is 86.6 Å². The van der Waals surface area contributed by atoms with Crippen molar-refractivity contribution in [1.29, 1.82) is 0 Å². The van der Waals surface area contributed by atoms with Crippen molar-refractivity contribution >= 4 is 5.91 Å². The second kappa shape index (κ2) is 5.66. The van der Waals surface area contributed by atoms with E-state index in [0.717, 1.165) is 6.42 Å². The summed E-state index contributed by atoms with van der Waals surface area (Å²) >= 11 is 0. The number of hydrogen-bond donors (Lipinski definition) is 2. The first-order valence-corrected chi connectivity index (χ1v) is 4.91. The molecule has 0 saturated heterocycles. The number of carbonyl (C=O) groups is 1. The second-order valence-electron chi connectivity index (χ2n) is 3.86. The Bertz CT molecular complexity index is 228. The topological polar surface area (TPSA) is 41.1 Å². The lowest BCUT2D eigenvalue weighted by atomic mass is 10.0. The summed E-state index contributed by atoms with van der Waals surface area (Å²) in [6.07, 6.45) is 6.65. The fourth-order valence-corrected chi connectivity index (χ4v) is 0.919. The van der Waals surface area contributed by atoms with Gasteiger partial charge in [0.15, 0.2) is 0 Å². The average Bonchev–Trinajstić information content (AvgIpc) is 2.16. The fourth-order valence-electron chi connectivity index (χ4n) is 0.919. The molecule has 0 saturated carbocycles. The maximum Gasteiger partial charge on any atom is 0.239 e. The minimum absolute atomic E-state index is 0.0119. The molecule has 0 aliphatic heterocycles. The highest BCUT2D eigenvalue weighted by Crippen LogP contribution is 2.04. The van der Waals surface area contributed by atoms with Crippen LogP contribution in [-0.4, -0.2) is 24.5 Å². The predicted molar refractivity (Wildman–Crippen MR) is 58.8 cm³/mol. The third-order valence-electron chi connectivity index (χ3n) is 2.38. The summed E-state index contributed by atoms with van der Waals surface area (Å²) < 4.78 is 0. The van der Waals surface area contributed by atoms with E-state index in [1.165, 1.54) is 0 Å². The molecule has 0 fully saturated rings. The highest BCUT2D eigenvalue weighted by atomic mass is 16.2. The highest BCUT2D eigenvalue weighted by molar-refractivity contribution is 5.85. The van der Waals surface area contributed by atoms with Crippen molar-refractivity contribution in [2.45, 2.75) is 45.2 Å². The molecule has 14 heavy (non-hydrogen) atoms. The molecule has 2 N–H and O–H groups in total. The summed E-state index contributed by atoms with van der Waals surface area (Å²) in [4.78, 5) is 11.7. The van der Waals surface area contributed by atoms with Crippen LogP contribution in [0, 0.1) is 12.3 Å². The lowest BCUT2D eigenvalue weighted by Crippen LogP contribution is -2.53. The number of terminal acetylenes is 1. The number of amides is 1. The average molecular weight is 196 g/mol. The van der Waals surface area contributed by atoms with Crippen LogP contribution in [0.5, 0.6) is 0 Å². The molecule has 0 heterocycles. The number of likely N-dealkylation sites (N-methyl/N-ethyl adjacent to an activating group) is 1. The van der Waals surface area contributed by atoms with Crippen LogP contribution in [0.1, 0.15) is 33.6 Å². The minimum Gasteiger partial charge on any atom is -0.351 e. The highest BCUT2D eigenvalue weighted by Gasteiger charge is 2.26. The molecule has 3 heteroatoms. The van der Waals surface area contributed by atoms with Gasteiger partial charge in [0.2, 0.25) is 5.91 Å². The number of carbonyl (C=O) groups excluding carboxylic acids is 1. The number of rotatable bonds is 5. The largest absolute Gasteiger partial charge is 0.351 e. The lowest BCUT2D eigenvalue weighted by Gasteiger charge is -2.25. The van der Waals surface area contributed by atoms with Crippen LogP contribution in [-0.2, 0) is 4.79 Å². The van der Waals surface area contributed by atoms with E-state index in [9.17, 15) is 4.79 Å². The smallest absolute Gasteiger partial charge is 0.239 e. The summed E-state index contributed by atoms with van der Waals surface area (Å²) in [5.41, 5.74) is -0.540. The van der Waals surface area contributed by atoms with E-state index < -0.39 is 5.54 Å². The van der Waals surface area contributed by atoms with Gasteiger partial charge in [0.05, 0.1) is 5.54 Å². The van der Waals surface area contributed by atoms with Gasteiger partial charge in [0.1, 0.15) is 0 Å². The van der Waals surface area contributed by atoms with Crippen molar-refractivity contribution in [3.63, 3.8) is 0 Å². The molecule has 1 amide bonds. The minimum atomic E-state index is -0.540. The standard InChI is InChI=1S/C11H20N2O/c1-6-8-9(7-2)13-10(14)11(3,4)12-5/h1,9,12H,7-8H2,2-5H3,(H,13,14). The molecular formula is C11H20N2O. The van der Waals surface area contributed by atoms with Crippen molar-refractivity contribution in [2.75, 3.05) is 7.05 Å². The molecule has 0 bridgehead atoms. The van der Waals surface area contributed by atoms with Gasteiger partial charge in [-0.3, -0.25) is 4.79 Å². The maximum atomic E-state index is 11.7. The first kappa shape index (κ1) is 13.0. The van der Waals surface area contributed by atoms with Crippen molar-refractivity contribution in [1.82, 2.24) is 10.6 Å². The van der Waals surface area contributed by atoms with Crippen LogP contribution >= 0.6 is 0 Å². The summed E-state index contributed by atoms with van der Waals surface area (Å²) in [7, 11) is 1.77. The Morgan fingerprint density at radius 1 is 1.57 bits per heavy atom. The monoisotopic (exact) mass is 196 g/mol. The quantitative estimate of drug-likeness (QED) is 0.642. The summed E-state index contributed by atoms with van der Waals surface area (Å²) in [6, 6.07) is 0.0834. The lowest BCUT2D eigenvalue weighted by molar-refractivity contribution is -0.126. The zero-order chi connectivity index (χ0) is 11.2. The molecule has 0 aromatic heterocycles. The number of hydrogen-bond acceptors (Lipinski definition) is 2. The predicted octanol–water partition coefficient (Wildman–Crippen LogP) is 0.902. The van der Waals surface area contributed by atoms with Crippen LogP contribution < -0.4 is 10.6 Å². The van der Waals surface area contributed by atoms with Gasteiger partial charge < -0.3 is 10.6 Å². The third-order valence-corrected chi connectivity index (χ3v) is 2.38. The molecule has 0 aromatic carbocycles. The van der Waals surface area contributed by atoms with E-state index in [1.807, 2.05) is 20.8 Å². The van der Waals surface area contributed by atoms with Gasteiger partial charge in [0, 0.05) is 12.5 Å². The maximum absolute atomic E-state index is 11.7. The van der Waals surface area contributed by atoms with E-state index in [1.54, 1.807) is 7.05 Å². The molecule has 1 unspecified atom stereocenters. The van der Waals surface area contributed by atoms with Crippen LogP contribution in [0.15, 0.2) is 0 Å². The Morgan fingerprint density at radius 2 is 2.14 bits per heavy atom. The van der Waals surface area contributed by atoms with Crippen LogP contribution in [0.2, 0.25) is 0 Å². The van der Waals surface area contributed by atoms with Gasteiger partial charge in [0.25, 0.3) is 0 Å². The SMILES string of the molecule is C#CCC(CC)NC(=O)C(C)(C)NC. The summed E-state index contributed by atoms with van der Waals surface area (Å²) in [5.74, 6) is 2.55. The Hall–Kier alpha value is -1.01. The van der Waals surface area contributed by atoms with E-state index in [-0.39, 0.29) is 11.9 Å². The molecule has 0 aliphatic rings. The molecule has 80 valence electrons. The first-order chi connectivity index (χ1) is 6.47. The molecule has 3 nitrogen and oxygen atoms in total. The fraction of sp³-hybridized carbons (Fsp3) is 0.727. The summed E-state index contributed by atoms with van der Waals surface area (Å²) in [5, 5.41) is 5.86. The van der Waals surface area contributed by atoms with E-state index in [0.29, 0.717) is 6.42 Å². The third kappa shape index (κ3) is 3.80. The zero-order valence-corrected chi connectivity index (χ0v) is 9.48. The number of nitrogens with one attached hydrogen (secondary N) is 2. The molecule has 0 radical (unpaired) electrons. The van der Waals surface area contributed by atoms with E-state index in [2.05, 4.69) is 16.6 Å². The van der Waals surface area contributed by atoms with Crippen LogP contribution in [0.25, 0.3) is 0 Å². The molecular weight excluding hydrogens is 176 g/mol. The van der Waals surface area contributed by atoms with Gasteiger partial charge in [-0.15, -0.1) is 12.3 Å². The van der Waals surface area contributed by atoms with E-state index >= 15 is 0 Å². The van der Waals surface area contributed by atoms with Crippen molar-refractivity contribution in [3.05, 3.63) is 0 Å². The Balaban J connectivity index is 4.23. The van der Waals surface area contributed by atoms with Gasteiger partial charge >= 0.3 is 0 Å². The van der Waals surface area contributed by atoms with Gasteiger partial charge in [-0.2, -0.15) is 0 Å². The van der Waals surface area contributed by atoms with Crippen molar-refractivity contribution < 1.29 is 4.79 Å². The molecule has 1 atom stereocenters. The molecule has 0 aliphatic carbocycles. The summed E-state index contributed by atoms with van der Waals surface area (Å²) in [6.45, 7) is 5.69. The van der Waals surface area contributed by atoms with Gasteiger partial charge in [-0.05, 0) is 27.3 Å². The first-order valence-electron chi connectivity index (χ1n) is 4.91. The van der Waals surface area contributed by atoms with Crippen LogP contribution in [0.4, 0.5) is 0 Å². The zero-order valence-electron chi connectivity index (χ0n) is 9.48. The van der Waals surface area contributed by atoms with Gasteiger partial charge in [-0.25, -0.2) is 0 Å². The Kier molecular flexibility index (Phi) is 5.26. The van der Waals surface area contributed by atoms with Crippen LogP contribution in [0.3, 0.4) is 0 Å².